The second kappa shape index (κ2) is 4.02. The second-order valence-corrected chi connectivity index (χ2v) is 7.84. The van der Waals surface area contributed by atoms with E-state index in [2.05, 4.69) is 37.2 Å². The zero-order valence-electron chi connectivity index (χ0n) is 13.7. The lowest BCUT2D eigenvalue weighted by molar-refractivity contribution is 0.108. The van der Waals surface area contributed by atoms with Gasteiger partial charge in [-0.2, -0.15) is 5.10 Å². The molecule has 0 bridgehead atoms. The van der Waals surface area contributed by atoms with Crippen molar-refractivity contribution in [1.29, 1.82) is 0 Å². The summed E-state index contributed by atoms with van der Waals surface area (Å²) in [5.74, 6) is 1.56. The zero-order valence-corrected chi connectivity index (χ0v) is 13.7. The van der Waals surface area contributed by atoms with Crippen molar-refractivity contribution < 1.29 is 4.52 Å². The molecule has 3 heterocycles. The van der Waals surface area contributed by atoms with Gasteiger partial charge in [0.05, 0.1) is 18.1 Å². The standard InChI is InChI=1S/C18H20N4O/c1-17(2)13-5-4-11-10-22-14(6-7-19-22)21-15(11)18(13,3)8-12-9-20-23-16(12)17/h6-7,9-10,13H,4-5,8H2,1-3H3/t13-,18-/m0/s1. The fourth-order valence-corrected chi connectivity index (χ4v) is 5.19. The molecule has 0 N–H and O–H groups in total. The Kier molecular flexibility index (Phi) is 2.32. The Morgan fingerprint density at radius 1 is 1.26 bits per heavy atom. The molecule has 0 aromatic carbocycles. The predicted octanol–water partition coefficient (Wildman–Crippen LogP) is 3.07. The van der Waals surface area contributed by atoms with Gasteiger partial charge in [0.25, 0.3) is 0 Å². The number of aryl methyl sites for hydroxylation is 1. The molecular formula is C18H20N4O. The minimum Gasteiger partial charge on any atom is -0.361 e. The van der Waals surface area contributed by atoms with Gasteiger partial charge in [-0.15, -0.1) is 0 Å². The van der Waals surface area contributed by atoms with E-state index < -0.39 is 0 Å². The molecule has 5 rings (SSSR count). The summed E-state index contributed by atoms with van der Waals surface area (Å²) in [6, 6.07) is 1.98. The van der Waals surface area contributed by atoms with E-state index in [0.29, 0.717) is 5.92 Å². The number of fused-ring (bicyclic) bond motifs is 5. The van der Waals surface area contributed by atoms with Crippen molar-refractivity contribution in [1.82, 2.24) is 19.8 Å². The summed E-state index contributed by atoms with van der Waals surface area (Å²) < 4.78 is 7.52. The highest BCUT2D eigenvalue weighted by Crippen LogP contribution is 2.55. The van der Waals surface area contributed by atoms with Crippen molar-refractivity contribution in [3.63, 3.8) is 0 Å². The molecule has 0 unspecified atom stereocenters. The van der Waals surface area contributed by atoms with Gasteiger partial charge in [0.2, 0.25) is 0 Å². The van der Waals surface area contributed by atoms with Crippen LogP contribution in [0.2, 0.25) is 0 Å². The van der Waals surface area contributed by atoms with Crippen molar-refractivity contribution in [3.05, 3.63) is 47.2 Å². The molecule has 5 nitrogen and oxygen atoms in total. The van der Waals surface area contributed by atoms with E-state index in [-0.39, 0.29) is 10.8 Å². The monoisotopic (exact) mass is 308 g/mol. The van der Waals surface area contributed by atoms with Crippen LogP contribution in [0.1, 0.15) is 49.8 Å². The van der Waals surface area contributed by atoms with Crippen LogP contribution in [-0.2, 0) is 23.7 Å². The minimum atomic E-state index is -0.0232. The number of hydrogen-bond acceptors (Lipinski definition) is 4. The quantitative estimate of drug-likeness (QED) is 0.640. The molecule has 5 heteroatoms. The van der Waals surface area contributed by atoms with E-state index in [0.717, 1.165) is 30.7 Å². The number of rotatable bonds is 0. The van der Waals surface area contributed by atoms with Crippen LogP contribution in [-0.4, -0.2) is 19.8 Å². The molecule has 2 aliphatic carbocycles. The highest BCUT2D eigenvalue weighted by Gasteiger charge is 2.55. The first-order valence-electron chi connectivity index (χ1n) is 8.28. The third-order valence-corrected chi connectivity index (χ3v) is 6.13. The van der Waals surface area contributed by atoms with Gasteiger partial charge in [-0.05, 0) is 30.7 Å². The van der Waals surface area contributed by atoms with Crippen LogP contribution in [0.25, 0.3) is 5.65 Å². The van der Waals surface area contributed by atoms with Crippen LogP contribution in [0.4, 0.5) is 0 Å². The summed E-state index contributed by atoms with van der Waals surface area (Å²) in [5.41, 5.74) is 4.72. The maximum absolute atomic E-state index is 5.63. The Morgan fingerprint density at radius 3 is 3.00 bits per heavy atom. The Labute approximate surface area is 134 Å². The summed E-state index contributed by atoms with van der Waals surface area (Å²) >= 11 is 0. The molecule has 0 radical (unpaired) electrons. The SMILES string of the molecule is CC1(C)c2oncc2C[C@]2(C)c3nc4ccnn4cc3CC[C@@H]12. The number of aromatic nitrogens is 4. The summed E-state index contributed by atoms with van der Waals surface area (Å²) in [7, 11) is 0. The van der Waals surface area contributed by atoms with Crippen LogP contribution < -0.4 is 0 Å². The minimum absolute atomic E-state index is 0.0155. The predicted molar refractivity (Wildman–Crippen MR) is 85.4 cm³/mol. The topological polar surface area (TPSA) is 56.2 Å². The van der Waals surface area contributed by atoms with Crippen LogP contribution >= 0.6 is 0 Å². The van der Waals surface area contributed by atoms with Gasteiger partial charge in [0, 0.05) is 28.7 Å². The molecule has 0 amide bonds. The Morgan fingerprint density at radius 2 is 2.13 bits per heavy atom. The fraction of sp³-hybridized carbons (Fsp3) is 0.500. The lowest BCUT2D eigenvalue weighted by atomic mass is 9.51. The van der Waals surface area contributed by atoms with Gasteiger partial charge in [-0.25, -0.2) is 9.50 Å². The maximum Gasteiger partial charge on any atom is 0.155 e. The molecular weight excluding hydrogens is 288 g/mol. The first kappa shape index (κ1) is 13.3. The summed E-state index contributed by atoms with van der Waals surface area (Å²) in [4.78, 5) is 5.00. The van der Waals surface area contributed by atoms with E-state index in [1.807, 2.05) is 23.0 Å². The van der Waals surface area contributed by atoms with E-state index >= 15 is 0 Å². The smallest absolute Gasteiger partial charge is 0.155 e. The number of nitrogens with zero attached hydrogens (tertiary/aromatic N) is 4. The second-order valence-electron chi connectivity index (χ2n) is 7.84. The molecule has 2 aliphatic rings. The summed E-state index contributed by atoms with van der Waals surface area (Å²) in [6.07, 6.45) is 9.01. The Balaban J connectivity index is 1.77. The summed E-state index contributed by atoms with van der Waals surface area (Å²) in [6.45, 7) is 6.95. The highest BCUT2D eigenvalue weighted by atomic mass is 16.5. The highest BCUT2D eigenvalue weighted by molar-refractivity contribution is 5.46. The van der Waals surface area contributed by atoms with Gasteiger partial charge < -0.3 is 4.52 Å². The van der Waals surface area contributed by atoms with Crippen LogP contribution in [0, 0.1) is 5.92 Å². The maximum atomic E-state index is 5.63. The van der Waals surface area contributed by atoms with Gasteiger partial charge in [0.15, 0.2) is 5.65 Å². The molecule has 0 saturated carbocycles. The Bertz CT molecular complexity index is 922. The van der Waals surface area contributed by atoms with E-state index in [1.165, 1.54) is 16.8 Å². The van der Waals surface area contributed by atoms with Gasteiger partial charge in [0.1, 0.15) is 5.76 Å². The van der Waals surface area contributed by atoms with Crippen molar-refractivity contribution in [2.24, 2.45) is 5.92 Å². The van der Waals surface area contributed by atoms with Crippen LogP contribution in [0.15, 0.2) is 29.2 Å². The number of hydrogen-bond donors (Lipinski definition) is 0. The third kappa shape index (κ3) is 1.55. The third-order valence-electron chi connectivity index (χ3n) is 6.13. The first-order valence-corrected chi connectivity index (χ1v) is 8.28. The lowest BCUT2D eigenvalue weighted by Crippen LogP contribution is -2.51. The van der Waals surface area contributed by atoms with E-state index in [1.54, 1.807) is 0 Å². The van der Waals surface area contributed by atoms with Crippen LogP contribution in [0.5, 0.6) is 0 Å². The Hall–Kier alpha value is -2.17. The normalized spacial score (nSPS) is 28.2. The van der Waals surface area contributed by atoms with Crippen molar-refractivity contribution in [3.8, 4) is 0 Å². The van der Waals surface area contributed by atoms with Gasteiger partial charge in [-0.1, -0.05) is 25.9 Å². The molecule has 0 aliphatic heterocycles. The first-order chi connectivity index (χ1) is 11.0. The summed E-state index contributed by atoms with van der Waals surface area (Å²) in [5, 5.41) is 8.42. The zero-order chi connectivity index (χ0) is 15.8. The molecule has 118 valence electrons. The lowest BCUT2D eigenvalue weighted by Gasteiger charge is -2.51. The average Bonchev–Trinajstić information content (AvgIpc) is 3.13. The molecule has 3 aromatic heterocycles. The molecule has 0 spiro atoms. The van der Waals surface area contributed by atoms with E-state index in [9.17, 15) is 0 Å². The molecule has 3 aromatic rings. The van der Waals surface area contributed by atoms with Crippen LogP contribution in [0.3, 0.4) is 0 Å². The largest absolute Gasteiger partial charge is 0.361 e. The van der Waals surface area contributed by atoms with Gasteiger partial charge in [-0.3, -0.25) is 0 Å². The molecule has 0 saturated heterocycles. The molecule has 2 atom stereocenters. The molecule has 0 fully saturated rings. The van der Waals surface area contributed by atoms with Gasteiger partial charge >= 0.3 is 0 Å². The molecule has 23 heavy (non-hydrogen) atoms. The fourth-order valence-electron chi connectivity index (χ4n) is 5.19. The average molecular weight is 308 g/mol. The van der Waals surface area contributed by atoms with E-state index in [4.69, 9.17) is 9.51 Å². The van der Waals surface area contributed by atoms with Crippen molar-refractivity contribution in [2.75, 3.05) is 0 Å². The van der Waals surface area contributed by atoms with Crippen molar-refractivity contribution in [2.45, 2.75) is 50.9 Å². The van der Waals surface area contributed by atoms with Crippen molar-refractivity contribution >= 4 is 5.65 Å².